The molecule has 0 aliphatic carbocycles. The van der Waals surface area contributed by atoms with Crippen LogP contribution in [0.3, 0.4) is 0 Å². The molecule has 0 bridgehead atoms. The Morgan fingerprint density at radius 1 is 1.56 bits per heavy atom. The summed E-state index contributed by atoms with van der Waals surface area (Å²) in [7, 11) is 0. The summed E-state index contributed by atoms with van der Waals surface area (Å²) in [6, 6.07) is 0. The van der Waals surface area contributed by atoms with E-state index in [4.69, 9.17) is 15.0 Å². The molecule has 1 heterocycles. The molecule has 0 radical (unpaired) electrons. The fourth-order valence-corrected chi connectivity index (χ4v) is 1.37. The maximum atomic E-state index is 11.3. The highest BCUT2D eigenvalue weighted by Crippen LogP contribution is 2.18. The summed E-state index contributed by atoms with van der Waals surface area (Å²) in [5, 5.41) is 3.57. The Hall–Kier alpha value is -1.43. The Labute approximate surface area is 94.2 Å². The number of hydrogen-bond acceptors (Lipinski definition) is 6. The van der Waals surface area contributed by atoms with Gasteiger partial charge >= 0.3 is 5.97 Å². The minimum atomic E-state index is -0.565. The second kappa shape index (κ2) is 6.22. The Morgan fingerprint density at radius 3 is 2.88 bits per heavy atom. The second-order valence-electron chi connectivity index (χ2n) is 3.40. The standard InChI is InChI=1S/C10H17N3O3/c1-3-5-7(6-11)9-12-8(13-16-9)10(14)15-4-2/h7H,3-6,11H2,1-2H3. The number of rotatable bonds is 6. The molecule has 16 heavy (non-hydrogen) atoms. The molecule has 0 spiro atoms. The van der Waals surface area contributed by atoms with Gasteiger partial charge in [0.1, 0.15) is 0 Å². The topological polar surface area (TPSA) is 91.2 Å². The molecule has 6 heteroatoms. The number of carbonyl (C=O) groups is 1. The van der Waals surface area contributed by atoms with Crippen LogP contribution in [0.5, 0.6) is 0 Å². The summed E-state index contributed by atoms with van der Waals surface area (Å²) >= 11 is 0. The SMILES string of the molecule is CCCC(CN)c1nc(C(=O)OCC)no1. The molecule has 0 amide bonds. The van der Waals surface area contributed by atoms with E-state index in [1.54, 1.807) is 6.92 Å². The van der Waals surface area contributed by atoms with Crippen molar-refractivity contribution in [2.45, 2.75) is 32.6 Å². The van der Waals surface area contributed by atoms with Gasteiger partial charge in [0.05, 0.1) is 12.5 Å². The van der Waals surface area contributed by atoms with Gasteiger partial charge in [0.2, 0.25) is 5.89 Å². The maximum Gasteiger partial charge on any atom is 0.379 e. The zero-order valence-corrected chi connectivity index (χ0v) is 9.60. The number of nitrogens with zero attached hydrogens (tertiary/aromatic N) is 2. The van der Waals surface area contributed by atoms with Crippen LogP contribution in [0.4, 0.5) is 0 Å². The van der Waals surface area contributed by atoms with Crippen molar-refractivity contribution in [3.8, 4) is 0 Å². The largest absolute Gasteiger partial charge is 0.460 e. The van der Waals surface area contributed by atoms with Crippen LogP contribution in [0.2, 0.25) is 0 Å². The molecule has 6 nitrogen and oxygen atoms in total. The molecular weight excluding hydrogens is 210 g/mol. The molecule has 1 atom stereocenters. The molecule has 1 aromatic rings. The Morgan fingerprint density at radius 2 is 2.31 bits per heavy atom. The molecule has 0 aromatic carbocycles. The van der Waals surface area contributed by atoms with Crippen LogP contribution < -0.4 is 5.73 Å². The predicted octanol–water partition coefficient (Wildman–Crippen LogP) is 1.09. The van der Waals surface area contributed by atoms with Crippen LogP contribution in [0.15, 0.2) is 4.52 Å². The van der Waals surface area contributed by atoms with Crippen LogP contribution in [0.25, 0.3) is 0 Å². The Balaban J connectivity index is 2.72. The van der Waals surface area contributed by atoms with Gasteiger partial charge in [-0.15, -0.1) is 0 Å². The molecule has 0 aliphatic rings. The quantitative estimate of drug-likeness (QED) is 0.731. The van der Waals surface area contributed by atoms with E-state index in [1.807, 2.05) is 6.92 Å². The highest BCUT2D eigenvalue weighted by atomic mass is 16.5. The zero-order valence-electron chi connectivity index (χ0n) is 9.60. The van der Waals surface area contributed by atoms with Gasteiger partial charge in [-0.05, 0) is 18.5 Å². The minimum Gasteiger partial charge on any atom is -0.460 e. The monoisotopic (exact) mass is 227 g/mol. The fourth-order valence-electron chi connectivity index (χ4n) is 1.37. The molecule has 0 saturated carbocycles. The number of carbonyl (C=O) groups excluding carboxylic acids is 1. The molecule has 90 valence electrons. The lowest BCUT2D eigenvalue weighted by molar-refractivity contribution is 0.0508. The van der Waals surface area contributed by atoms with Crippen LogP contribution in [-0.2, 0) is 4.74 Å². The molecule has 2 N–H and O–H groups in total. The van der Waals surface area contributed by atoms with E-state index in [1.165, 1.54) is 0 Å². The molecule has 0 fully saturated rings. The molecule has 1 aromatic heterocycles. The number of nitrogens with two attached hydrogens (primary N) is 1. The minimum absolute atomic E-state index is 0.0145. The van der Waals surface area contributed by atoms with E-state index >= 15 is 0 Å². The normalized spacial score (nSPS) is 12.4. The van der Waals surface area contributed by atoms with Gasteiger partial charge in [-0.2, -0.15) is 4.98 Å². The third kappa shape index (κ3) is 3.03. The lowest BCUT2D eigenvalue weighted by atomic mass is 10.0. The highest BCUT2D eigenvalue weighted by molar-refractivity contribution is 5.84. The van der Waals surface area contributed by atoms with Crippen molar-refractivity contribution in [3.63, 3.8) is 0 Å². The van der Waals surface area contributed by atoms with E-state index in [2.05, 4.69) is 10.1 Å². The van der Waals surface area contributed by atoms with Crippen molar-refractivity contribution in [2.24, 2.45) is 5.73 Å². The maximum absolute atomic E-state index is 11.3. The summed E-state index contributed by atoms with van der Waals surface area (Å²) in [6.45, 7) is 4.49. The van der Waals surface area contributed by atoms with Gasteiger partial charge in [0, 0.05) is 6.54 Å². The van der Waals surface area contributed by atoms with E-state index < -0.39 is 5.97 Å². The summed E-state index contributed by atoms with van der Waals surface area (Å²) in [6.07, 6.45) is 1.83. The van der Waals surface area contributed by atoms with Gasteiger partial charge in [-0.25, -0.2) is 4.79 Å². The molecule has 0 aliphatic heterocycles. The van der Waals surface area contributed by atoms with E-state index in [-0.39, 0.29) is 18.3 Å². The number of hydrogen-bond donors (Lipinski definition) is 1. The first-order valence-electron chi connectivity index (χ1n) is 5.43. The van der Waals surface area contributed by atoms with E-state index in [0.717, 1.165) is 12.8 Å². The highest BCUT2D eigenvalue weighted by Gasteiger charge is 2.20. The van der Waals surface area contributed by atoms with Gasteiger partial charge in [0.25, 0.3) is 5.82 Å². The molecular formula is C10H17N3O3. The summed E-state index contributed by atoms with van der Waals surface area (Å²) in [5.74, 6) is -0.177. The lowest BCUT2D eigenvalue weighted by Gasteiger charge is -2.06. The van der Waals surface area contributed by atoms with E-state index in [0.29, 0.717) is 12.4 Å². The van der Waals surface area contributed by atoms with Gasteiger partial charge < -0.3 is 15.0 Å². The van der Waals surface area contributed by atoms with Crippen molar-refractivity contribution in [2.75, 3.05) is 13.2 Å². The summed E-state index contributed by atoms with van der Waals surface area (Å²) < 4.78 is 9.76. The van der Waals surface area contributed by atoms with Gasteiger partial charge in [0.15, 0.2) is 0 Å². The van der Waals surface area contributed by atoms with Crippen molar-refractivity contribution in [1.82, 2.24) is 10.1 Å². The number of esters is 1. The van der Waals surface area contributed by atoms with Crippen LogP contribution in [0, 0.1) is 0 Å². The Kier molecular flexibility index (Phi) is 4.91. The second-order valence-corrected chi connectivity index (χ2v) is 3.40. The molecule has 1 unspecified atom stereocenters. The average molecular weight is 227 g/mol. The van der Waals surface area contributed by atoms with Crippen LogP contribution >= 0.6 is 0 Å². The Bertz CT molecular complexity index is 338. The predicted molar refractivity (Wildman–Crippen MR) is 57.0 cm³/mol. The third-order valence-corrected chi connectivity index (χ3v) is 2.17. The van der Waals surface area contributed by atoms with Crippen molar-refractivity contribution in [3.05, 3.63) is 11.7 Å². The van der Waals surface area contributed by atoms with Crippen LogP contribution in [0.1, 0.15) is 49.1 Å². The van der Waals surface area contributed by atoms with Gasteiger partial charge in [-0.3, -0.25) is 0 Å². The van der Waals surface area contributed by atoms with E-state index in [9.17, 15) is 4.79 Å². The lowest BCUT2D eigenvalue weighted by Crippen LogP contribution is -2.13. The first-order chi connectivity index (χ1) is 7.72. The first-order valence-corrected chi connectivity index (χ1v) is 5.43. The van der Waals surface area contributed by atoms with Gasteiger partial charge in [-0.1, -0.05) is 13.3 Å². The first kappa shape index (κ1) is 12.6. The third-order valence-electron chi connectivity index (χ3n) is 2.17. The van der Waals surface area contributed by atoms with Crippen molar-refractivity contribution < 1.29 is 14.1 Å². The number of ether oxygens (including phenoxy) is 1. The fraction of sp³-hybridized carbons (Fsp3) is 0.700. The van der Waals surface area contributed by atoms with Crippen LogP contribution in [-0.4, -0.2) is 29.3 Å². The molecule has 0 saturated heterocycles. The van der Waals surface area contributed by atoms with Crippen molar-refractivity contribution in [1.29, 1.82) is 0 Å². The smallest absolute Gasteiger partial charge is 0.379 e. The van der Waals surface area contributed by atoms with Crippen molar-refractivity contribution >= 4 is 5.97 Å². The molecule has 1 rings (SSSR count). The average Bonchev–Trinajstić information content (AvgIpc) is 2.75. The zero-order chi connectivity index (χ0) is 12.0. The summed E-state index contributed by atoms with van der Waals surface area (Å²) in [4.78, 5) is 15.3. The summed E-state index contributed by atoms with van der Waals surface area (Å²) in [5.41, 5.74) is 5.59. The number of aromatic nitrogens is 2.